The van der Waals surface area contributed by atoms with Crippen molar-refractivity contribution in [2.75, 3.05) is 5.75 Å². The highest BCUT2D eigenvalue weighted by Gasteiger charge is 2.18. The Hall–Kier alpha value is -2.08. The molecule has 0 aromatic heterocycles. The molecule has 0 unspecified atom stereocenters. The molecule has 5 nitrogen and oxygen atoms in total. The molecule has 0 saturated heterocycles. The summed E-state index contributed by atoms with van der Waals surface area (Å²) in [6.07, 6.45) is 10.6. The van der Waals surface area contributed by atoms with Crippen molar-refractivity contribution in [3.8, 4) is 0 Å². The molecule has 1 aliphatic carbocycles. The molecule has 0 bridgehead atoms. The van der Waals surface area contributed by atoms with Gasteiger partial charge in [-0.3, -0.25) is 9.52 Å². The summed E-state index contributed by atoms with van der Waals surface area (Å²) in [6, 6.07) is 7.95. The Bertz CT molecular complexity index is 807. The number of hydrogen-bond acceptors (Lipinski definition) is 3. The second-order valence-corrected chi connectivity index (χ2v) is 9.25. The van der Waals surface area contributed by atoms with E-state index in [0.29, 0.717) is 12.8 Å². The van der Waals surface area contributed by atoms with E-state index in [1.165, 1.54) is 0 Å². The number of carbonyl (C=O) groups is 1. The van der Waals surface area contributed by atoms with Gasteiger partial charge in [-0.25, -0.2) is 8.42 Å². The molecule has 28 heavy (non-hydrogen) atoms. The first-order valence-electron chi connectivity index (χ1n) is 9.99. The van der Waals surface area contributed by atoms with Crippen LogP contribution in [-0.4, -0.2) is 25.2 Å². The summed E-state index contributed by atoms with van der Waals surface area (Å²) < 4.78 is 27.9. The van der Waals surface area contributed by atoms with E-state index in [2.05, 4.69) is 4.72 Å². The number of carboxylic acids is 1. The van der Waals surface area contributed by atoms with Crippen molar-refractivity contribution in [2.45, 2.75) is 64.7 Å². The molecule has 1 aromatic carbocycles. The van der Waals surface area contributed by atoms with Crippen LogP contribution in [0.25, 0.3) is 0 Å². The number of hydrogen-bond donors (Lipinski definition) is 2. The van der Waals surface area contributed by atoms with Crippen LogP contribution in [0, 0.1) is 6.92 Å². The average Bonchev–Trinajstić information content (AvgIpc) is 2.65. The van der Waals surface area contributed by atoms with E-state index in [1.807, 2.05) is 43.3 Å². The van der Waals surface area contributed by atoms with Gasteiger partial charge < -0.3 is 5.11 Å². The molecular formula is C22H31NO4S. The van der Waals surface area contributed by atoms with Gasteiger partial charge in [0.05, 0.1) is 5.75 Å². The maximum Gasteiger partial charge on any atom is 0.303 e. The Labute approximate surface area is 168 Å². The van der Waals surface area contributed by atoms with Gasteiger partial charge in [-0.05, 0) is 69.4 Å². The lowest BCUT2D eigenvalue weighted by molar-refractivity contribution is -0.137. The van der Waals surface area contributed by atoms with Crippen molar-refractivity contribution < 1.29 is 18.3 Å². The summed E-state index contributed by atoms with van der Waals surface area (Å²) in [4.78, 5) is 10.5. The van der Waals surface area contributed by atoms with Crippen LogP contribution < -0.4 is 4.72 Å². The fraction of sp³-hybridized carbons (Fsp3) is 0.500. The van der Waals surface area contributed by atoms with Gasteiger partial charge in [0.25, 0.3) is 0 Å². The molecule has 0 radical (unpaired) electrons. The molecule has 2 rings (SSSR count). The third kappa shape index (κ3) is 8.30. The van der Waals surface area contributed by atoms with Gasteiger partial charge in [-0.15, -0.1) is 0 Å². The van der Waals surface area contributed by atoms with E-state index in [0.717, 1.165) is 60.9 Å². The fourth-order valence-electron chi connectivity index (χ4n) is 3.28. The van der Waals surface area contributed by atoms with Gasteiger partial charge in [0.2, 0.25) is 10.0 Å². The van der Waals surface area contributed by atoms with Crippen molar-refractivity contribution in [2.24, 2.45) is 0 Å². The quantitative estimate of drug-likeness (QED) is 0.420. The van der Waals surface area contributed by atoms with Crippen LogP contribution in [0.4, 0.5) is 0 Å². The first kappa shape index (κ1) is 22.2. The minimum atomic E-state index is -3.37. The van der Waals surface area contributed by atoms with Crippen molar-refractivity contribution in [3.05, 3.63) is 58.8 Å². The lowest BCUT2D eigenvalue weighted by Gasteiger charge is -2.21. The first-order valence-corrected chi connectivity index (χ1v) is 11.6. The number of unbranched alkanes of at least 4 members (excludes halogenated alkanes) is 1. The van der Waals surface area contributed by atoms with E-state index in [1.54, 1.807) is 0 Å². The van der Waals surface area contributed by atoms with Crippen LogP contribution in [-0.2, 0) is 21.2 Å². The topological polar surface area (TPSA) is 83.5 Å². The van der Waals surface area contributed by atoms with Crippen molar-refractivity contribution in [1.29, 1.82) is 0 Å². The Morgan fingerprint density at radius 1 is 1.14 bits per heavy atom. The van der Waals surface area contributed by atoms with Crippen LogP contribution in [0.5, 0.6) is 0 Å². The van der Waals surface area contributed by atoms with Crippen molar-refractivity contribution in [1.82, 2.24) is 4.72 Å². The van der Waals surface area contributed by atoms with E-state index < -0.39 is 16.0 Å². The summed E-state index contributed by atoms with van der Waals surface area (Å²) in [5.74, 6) is -0.691. The molecule has 154 valence electrons. The van der Waals surface area contributed by atoms with Crippen LogP contribution in [0.15, 0.2) is 47.7 Å². The van der Waals surface area contributed by atoms with Crippen LogP contribution in [0.3, 0.4) is 0 Å². The Balaban J connectivity index is 1.90. The van der Waals surface area contributed by atoms with Crippen molar-refractivity contribution >= 4 is 16.0 Å². The van der Waals surface area contributed by atoms with Gasteiger partial charge in [-0.2, -0.15) is 0 Å². The average molecular weight is 406 g/mol. The number of benzene rings is 1. The predicted octanol–water partition coefficient (Wildman–Crippen LogP) is 4.49. The monoisotopic (exact) mass is 405 g/mol. The van der Waals surface area contributed by atoms with E-state index in [9.17, 15) is 13.2 Å². The highest BCUT2D eigenvalue weighted by Crippen LogP contribution is 2.26. The normalized spacial score (nSPS) is 15.2. The minimum Gasteiger partial charge on any atom is -0.481 e. The maximum absolute atomic E-state index is 12.5. The smallest absolute Gasteiger partial charge is 0.303 e. The summed E-state index contributed by atoms with van der Waals surface area (Å²) in [5, 5.41) is 8.65. The van der Waals surface area contributed by atoms with Gasteiger partial charge in [0.1, 0.15) is 0 Å². The molecule has 0 spiro atoms. The molecule has 1 aromatic rings. The van der Waals surface area contributed by atoms with Crippen LogP contribution >= 0.6 is 0 Å². The lowest BCUT2D eigenvalue weighted by Crippen LogP contribution is -2.28. The summed E-state index contributed by atoms with van der Waals surface area (Å²) >= 11 is 0. The largest absolute Gasteiger partial charge is 0.481 e. The maximum atomic E-state index is 12.5. The second-order valence-electron chi connectivity index (χ2n) is 7.41. The van der Waals surface area contributed by atoms with Gasteiger partial charge in [-0.1, -0.05) is 42.0 Å². The lowest BCUT2D eigenvalue weighted by atomic mass is 9.94. The molecule has 6 heteroatoms. The van der Waals surface area contributed by atoms with Crippen molar-refractivity contribution in [3.63, 3.8) is 0 Å². The standard InChI is InChI=1S/C22H31NO4S/c1-18-12-14-19(15-13-18)16-17-28(26,27)23-21-10-7-6-9-20(21)8-4-2-3-5-11-22(24)25/h2,4,12-15,23H,3,5-11,16-17H2,1H3,(H,24,25). The molecule has 2 N–H and O–H groups in total. The predicted molar refractivity (Wildman–Crippen MR) is 113 cm³/mol. The van der Waals surface area contributed by atoms with E-state index in [4.69, 9.17) is 5.11 Å². The van der Waals surface area contributed by atoms with E-state index in [-0.39, 0.29) is 12.2 Å². The zero-order valence-electron chi connectivity index (χ0n) is 16.6. The van der Waals surface area contributed by atoms with Gasteiger partial charge in [0.15, 0.2) is 0 Å². The molecule has 0 saturated carbocycles. The SMILES string of the molecule is Cc1ccc(CCS(=O)(=O)NC2=C(CC=CCCCC(=O)O)CCCC2)cc1. The molecular weight excluding hydrogens is 374 g/mol. The zero-order chi connectivity index (χ0) is 20.4. The van der Waals surface area contributed by atoms with Gasteiger partial charge >= 0.3 is 5.97 Å². The number of aliphatic carboxylic acids is 1. The highest BCUT2D eigenvalue weighted by atomic mass is 32.2. The van der Waals surface area contributed by atoms with Gasteiger partial charge in [0, 0.05) is 12.1 Å². The second kappa shape index (κ2) is 11.1. The van der Waals surface area contributed by atoms with Crippen LogP contribution in [0.1, 0.15) is 62.5 Å². The van der Waals surface area contributed by atoms with E-state index >= 15 is 0 Å². The molecule has 0 heterocycles. The number of sulfonamides is 1. The molecule has 0 amide bonds. The molecule has 0 aliphatic heterocycles. The molecule has 0 atom stereocenters. The molecule has 0 fully saturated rings. The first-order chi connectivity index (χ1) is 13.4. The number of aryl methyl sites for hydroxylation is 2. The Kier molecular flexibility index (Phi) is 8.77. The third-order valence-electron chi connectivity index (χ3n) is 4.93. The number of allylic oxidation sites excluding steroid dienone is 4. The molecule has 1 aliphatic rings. The fourth-order valence-corrected chi connectivity index (χ4v) is 4.50. The minimum absolute atomic E-state index is 0.0812. The Morgan fingerprint density at radius 2 is 1.86 bits per heavy atom. The number of nitrogens with one attached hydrogen (secondary N) is 1. The number of carboxylic acid groups (broad SMARTS) is 1. The van der Waals surface area contributed by atoms with Crippen LogP contribution in [0.2, 0.25) is 0 Å². The highest BCUT2D eigenvalue weighted by molar-refractivity contribution is 7.89. The Morgan fingerprint density at radius 3 is 2.57 bits per heavy atom. The summed E-state index contributed by atoms with van der Waals surface area (Å²) in [6.45, 7) is 2.01. The third-order valence-corrected chi connectivity index (χ3v) is 6.23. The summed E-state index contributed by atoms with van der Waals surface area (Å²) in [7, 11) is -3.37. The summed E-state index contributed by atoms with van der Waals surface area (Å²) in [5.41, 5.74) is 4.20. The number of rotatable bonds is 11. The zero-order valence-corrected chi connectivity index (χ0v) is 17.4.